The molecule has 0 atom stereocenters. The molecule has 0 radical (unpaired) electrons. The molecule has 0 bridgehead atoms. The summed E-state index contributed by atoms with van der Waals surface area (Å²) in [6, 6.07) is 2.36. The molecule has 2 heterocycles. The van der Waals surface area contributed by atoms with Crippen molar-refractivity contribution in [1.82, 2.24) is 14.8 Å². The number of anilines is 1. The molecule has 0 spiro atoms. The summed E-state index contributed by atoms with van der Waals surface area (Å²) in [4.78, 5) is 3.31. The van der Waals surface area contributed by atoms with E-state index in [0.717, 1.165) is 16.4 Å². The molecular formula is C11H10F2N4O2S. The van der Waals surface area contributed by atoms with Crippen molar-refractivity contribution < 1.29 is 17.2 Å². The molecule has 2 aromatic rings. The summed E-state index contributed by atoms with van der Waals surface area (Å²) in [5.41, 5.74) is 0. The molecule has 9 heteroatoms. The number of sulfonamides is 1. The van der Waals surface area contributed by atoms with Crippen LogP contribution in [0, 0.1) is 11.6 Å². The van der Waals surface area contributed by atoms with Gasteiger partial charge in [0.1, 0.15) is 22.9 Å². The van der Waals surface area contributed by atoms with E-state index >= 15 is 0 Å². The zero-order valence-corrected chi connectivity index (χ0v) is 11.0. The van der Waals surface area contributed by atoms with E-state index in [0.29, 0.717) is 19.0 Å². The van der Waals surface area contributed by atoms with Crippen molar-refractivity contribution >= 4 is 16.0 Å². The third-order valence-electron chi connectivity index (χ3n) is 3.01. The van der Waals surface area contributed by atoms with Crippen LogP contribution in [0.1, 0.15) is 6.42 Å². The summed E-state index contributed by atoms with van der Waals surface area (Å²) < 4.78 is 54.0. The van der Waals surface area contributed by atoms with Crippen LogP contribution < -0.4 is 4.31 Å². The summed E-state index contributed by atoms with van der Waals surface area (Å²) in [7, 11) is -4.12. The number of rotatable bonds is 2. The Morgan fingerprint density at radius 2 is 2.00 bits per heavy atom. The fraction of sp³-hybridized carbons (Fsp3) is 0.273. The number of benzene rings is 1. The molecule has 0 N–H and O–H groups in total. The van der Waals surface area contributed by atoms with Gasteiger partial charge in [-0.15, -0.1) is 0 Å². The Labute approximate surface area is 113 Å². The molecule has 3 rings (SSSR count). The van der Waals surface area contributed by atoms with Gasteiger partial charge in [-0.25, -0.2) is 26.2 Å². The third kappa shape index (κ3) is 1.94. The van der Waals surface area contributed by atoms with E-state index in [1.54, 1.807) is 0 Å². The molecule has 106 valence electrons. The van der Waals surface area contributed by atoms with Crippen molar-refractivity contribution in [3.05, 3.63) is 36.2 Å². The number of nitrogens with zero attached hydrogens (tertiary/aromatic N) is 4. The number of hydrogen-bond acceptors (Lipinski definition) is 4. The summed E-state index contributed by atoms with van der Waals surface area (Å²) in [5, 5.41) is 3.90. The van der Waals surface area contributed by atoms with E-state index < -0.39 is 26.6 Å². The number of halogens is 2. The van der Waals surface area contributed by atoms with Crippen molar-refractivity contribution in [2.24, 2.45) is 0 Å². The first kappa shape index (κ1) is 13.0. The predicted octanol–water partition coefficient (Wildman–Crippen LogP) is 1.16. The summed E-state index contributed by atoms with van der Waals surface area (Å²) >= 11 is 0. The van der Waals surface area contributed by atoms with Crippen LogP contribution in [0.25, 0.3) is 0 Å². The average Bonchev–Trinajstić information content (AvgIpc) is 2.85. The van der Waals surface area contributed by atoms with Gasteiger partial charge in [-0.05, 0) is 18.6 Å². The normalized spacial score (nSPS) is 15.2. The van der Waals surface area contributed by atoms with Crippen molar-refractivity contribution in [3.63, 3.8) is 0 Å². The summed E-state index contributed by atoms with van der Waals surface area (Å²) in [6.45, 7) is 0.727. The lowest BCUT2D eigenvalue weighted by Crippen LogP contribution is -2.38. The molecule has 0 amide bonds. The third-order valence-corrected chi connectivity index (χ3v) is 4.82. The number of hydrogen-bond donors (Lipinski definition) is 0. The van der Waals surface area contributed by atoms with E-state index in [4.69, 9.17) is 0 Å². The van der Waals surface area contributed by atoms with Gasteiger partial charge < -0.3 is 0 Å². The molecule has 1 aromatic heterocycles. The van der Waals surface area contributed by atoms with Gasteiger partial charge in [-0.1, -0.05) is 0 Å². The van der Waals surface area contributed by atoms with E-state index in [1.165, 1.54) is 11.0 Å². The molecule has 0 unspecified atom stereocenters. The van der Waals surface area contributed by atoms with Gasteiger partial charge in [0.05, 0.1) is 0 Å². The zero-order chi connectivity index (χ0) is 14.3. The Morgan fingerprint density at radius 1 is 1.20 bits per heavy atom. The molecule has 0 aliphatic carbocycles. The van der Waals surface area contributed by atoms with Crippen molar-refractivity contribution in [1.29, 1.82) is 0 Å². The fourth-order valence-corrected chi connectivity index (χ4v) is 3.61. The lowest BCUT2D eigenvalue weighted by atomic mass is 10.3. The molecule has 0 fully saturated rings. The first-order chi connectivity index (χ1) is 9.50. The Bertz CT molecular complexity index is 760. The maximum atomic E-state index is 13.7. The largest absolute Gasteiger partial charge is 0.269 e. The molecule has 1 aliphatic rings. The van der Waals surface area contributed by atoms with Crippen LogP contribution in [0.4, 0.5) is 14.7 Å². The van der Waals surface area contributed by atoms with E-state index in [9.17, 15) is 17.2 Å². The van der Waals surface area contributed by atoms with Crippen molar-refractivity contribution in [2.75, 3.05) is 10.8 Å². The number of fused-ring (bicyclic) bond motifs is 1. The lowest BCUT2D eigenvalue weighted by Gasteiger charge is -2.27. The van der Waals surface area contributed by atoms with Crippen LogP contribution in [-0.4, -0.2) is 29.7 Å². The maximum absolute atomic E-state index is 13.7. The number of aryl methyl sites for hydroxylation is 1. The second kappa shape index (κ2) is 4.51. The lowest BCUT2D eigenvalue weighted by molar-refractivity contribution is 0.521. The van der Waals surface area contributed by atoms with Gasteiger partial charge in [-0.2, -0.15) is 10.1 Å². The molecule has 6 nitrogen and oxygen atoms in total. The van der Waals surface area contributed by atoms with Crippen LogP contribution in [-0.2, 0) is 16.6 Å². The van der Waals surface area contributed by atoms with Crippen LogP contribution >= 0.6 is 0 Å². The molecular weight excluding hydrogens is 290 g/mol. The van der Waals surface area contributed by atoms with E-state index in [2.05, 4.69) is 10.1 Å². The first-order valence-corrected chi connectivity index (χ1v) is 7.30. The van der Waals surface area contributed by atoms with Gasteiger partial charge in [0, 0.05) is 19.2 Å². The summed E-state index contributed by atoms with van der Waals surface area (Å²) in [5.74, 6) is -1.81. The monoisotopic (exact) mass is 300 g/mol. The highest BCUT2D eigenvalue weighted by Gasteiger charge is 2.33. The minimum absolute atomic E-state index is 0.139. The quantitative estimate of drug-likeness (QED) is 0.834. The van der Waals surface area contributed by atoms with Crippen LogP contribution in [0.5, 0.6) is 0 Å². The second-order valence-corrected chi connectivity index (χ2v) is 6.12. The average molecular weight is 300 g/mol. The highest BCUT2D eigenvalue weighted by molar-refractivity contribution is 7.92. The second-order valence-electron chi connectivity index (χ2n) is 4.29. The van der Waals surface area contributed by atoms with Crippen LogP contribution in [0.15, 0.2) is 29.4 Å². The van der Waals surface area contributed by atoms with Crippen molar-refractivity contribution in [2.45, 2.75) is 17.9 Å². The van der Waals surface area contributed by atoms with E-state index in [-0.39, 0.29) is 12.5 Å². The Hall–Kier alpha value is -2.03. The predicted molar refractivity (Wildman–Crippen MR) is 65.5 cm³/mol. The fourth-order valence-electron chi connectivity index (χ4n) is 2.10. The van der Waals surface area contributed by atoms with Crippen molar-refractivity contribution in [3.8, 4) is 0 Å². The standard InChI is InChI=1S/C11H10F2N4O2S/c12-8-2-3-10(9(13)6-8)20(18,19)17-5-1-4-16-11(17)14-7-15-16/h2-3,6-7H,1,4-5H2. The molecule has 1 aliphatic heterocycles. The highest BCUT2D eigenvalue weighted by atomic mass is 32.2. The summed E-state index contributed by atoms with van der Waals surface area (Å²) in [6.07, 6.45) is 1.78. The van der Waals surface area contributed by atoms with E-state index in [1.807, 2.05) is 0 Å². The Morgan fingerprint density at radius 3 is 2.75 bits per heavy atom. The molecule has 0 saturated heterocycles. The smallest absolute Gasteiger partial charge is 0.234 e. The van der Waals surface area contributed by atoms with Gasteiger partial charge >= 0.3 is 0 Å². The first-order valence-electron chi connectivity index (χ1n) is 5.86. The minimum Gasteiger partial charge on any atom is -0.234 e. The molecule has 0 saturated carbocycles. The van der Waals surface area contributed by atoms with Gasteiger partial charge in [0.25, 0.3) is 10.0 Å². The number of aromatic nitrogens is 3. The van der Waals surface area contributed by atoms with Crippen LogP contribution in [0.3, 0.4) is 0 Å². The zero-order valence-electron chi connectivity index (χ0n) is 10.2. The van der Waals surface area contributed by atoms with Crippen LogP contribution in [0.2, 0.25) is 0 Å². The van der Waals surface area contributed by atoms with Gasteiger partial charge in [0.15, 0.2) is 0 Å². The molecule has 20 heavy (non-hydrogen) atoms. The highest BCUT2D eigenvalue weighted by Crippen LogP contribution is 2.26. The minimum atomic E-state index is -4.12. The maximum Gasteiger partial charge on any atom is 0.269 e. The van der Waals surface area contributed by atoms with Gasteiger partial charge in [-0.3, -0.25) is 0 Å². The topological polar surface area (TPSA) is 68.1 Å². The molecule has 1 aromatic carbocycles. The van der Waals surface area contributed by atoms with Gasteiger partial charge in [0.2, 0.25) is 5.95 Å². The Balaban J connectivity index is 2.10. The Kier molecular flexibility index (Phi) is 2.93. The SMILES string of the molecule is O=S(=O)(c1ccc(F)cc1F)N1CCCn2ncnc21.